The summed E-state index contributed by atoms with van der Waals surface area (Å²) in [6.07, 6.45) is 3.14. The molecule has 76 valence electrons. The monoisotopic (exact) mass is 312 g/mol. The summed E-state index contributed by atoms with van der Waals surface area (Å²) in [5.74, 6) is 1.11. The highest BCUT2D eigenvalue weighted by atomic mass is 127. The molecule has 0 unspecified atom stereocenters. The fraction of sp³-hybridized carbons (Fsp3) is 0. The predicted octanol–water partition coefficient (Wildman–Crippen LogP) is 2.41. The maximum absolute atomic E-state index is 5.45. The zero-order valence-electron chi connectivity index (χ0n) is 7.81. The topological polar surface area (TPSA) is 63.8 Å². The number of hydrogen-bond acceptors (Lipinski definition) is 4. The number of halogens is 1. The number of nitrogens with zero attached hydrogens (tertiary/aromatic N) is 2. The summed E-state index contributed by atoms with van der Waals surface area (Å²) in [4.78, 5) is 8.07. The van der Waals surface area contributed by atoms with E-state index >= 15 is 0 Å². The zero-order valence-corrected chi connectivity index (χ0v) is 9.97. The molecule has 1 heterocycles. The highest BCUT2D eigenvalue weighted by Crippen LogP contribution is 2.20. The molecule has 0 aliphatic carbocycles. The lowest BCUT2D eigenvalue weighted by Gasteiger charge is -2.06. The first-order chi connectivity index (χ1) is 7.25. The molecule has 2 rings (SSSR count). The average molecular weight is 312 g/mol. The summed E-state index contributed by atoms with van der Waals surface area (Å²) >= 11 is 2.26. The summed E-state index contributed by atoms with van der Waals surface area (Å²) in [5.41, 5.74) is 6.46. The highest BCUT2D eigenvalue weighted by Gasteiger charge is 1.99. The second-order valence-electron chi connectivity index (χ2n) is 2.93. The normalized spacial score (nSPS) is 9.93. The van der Waals surface area contributed by atoms with Gasteiger partial charge in [0.2, 0.25) is 0 Å². The van der Waals surface area contributed by atoms with Crippen LogP contribution in [0.15, 0.2) is 36.7 Å². The summed E-state index contributed by atoms with van der Waals surface area (Å²) in [6.45, 7) is 0. The van der Waals surface area contributed by atoms with Crippen molar-refractivity contribution in [1.82, 2.24) is 9.97 Å². The summed E-state index contributed by atoms with van der Waals surface area (Å²) < 4.78 is 1.13. The van der Waals surface area contributed by atoms with Crippen molar-refractivity contribution in [2.45, 2.75) is 0 Å². The van der Waals surface area contributed by atoms with Crippen molar-refractivity contribution in [2.75, 3.05) is 11.1 Å². The molecule has 2 aromatic rings. The summed E-state index contributed by atoms with van der Waals surface area (Å²) in [6, 6.07) is 7.96. The lowest BCUT2D eigenvalue weighted by atomic mass is 10.3. The predicted molar refractivity (Wildman–Crippen MR) is 68.9 cm³/mol. The van der Waals surface area contributed by atoms with E-state index in [1.54, 1.807) is 6.20 Å². The Morgan fingerprint density at radius 3 is 2.60 bits per heavy atom. The number of aromatic nitrogens is 2. The lowest BCUT2D eigenvalue weighted by molar-refractivity contribution is 1.21. The van der Waals surface area contributed by atoms with E-state index in [9.17, 15) is 0 Å². The van der Waals surface area contributed by atoms with Crippen LogP contribution in [0.3, 0.4) is 0 Å². The first kappa shape index (κ1) is 10.2. The molecule has 0 radical (unpaired) electrons. The van der Waals surface area contributed by atoms with E-state index in [1.165, 1.54) is 6.20 Å². The van der Waals surface area contributed by atoms with Crippen LogP contribution in [0, 0.1) is 3.57 Å². The molecule has 0 bridgehead atoms. The molecule has 0 aliphatic heterocycles. The highest BCUT2D eigenvalue weighted by molar-refractivity contribution is 14.1. The number of anilines is 3. The molecule has 1 aromatic carbocycles. The van der Waals surface area contributed by atoms with Gasteiger partial charge in [0.05, 0.1) is 18.1 Å². The Morgan fingerprint density at radius 2 is 1.93 bits per heavy atom. The Kier molecular flexibility index (Phi) is 3.00. The van der Waals surface area contributed by atoms with Gasteiger partial charge in [-0.3, -0.25) is 0 Å². The minimum absolute atomic E-state index is 0.420. The van der Waals surface area contributed by atoms with Crippen molar-refractivity contribution in [1.29, 1.82) is 0 Å². The van der Waals surface area contributed by atoms with Crippen molar-refractivity contribution in [3.05, 3.63) is 40.2 Å². The molecule has 0 saturated heterocycles. The van der Waals surface area contributed by atoms with E-state index in [-0.39, 0.29) is 0 Å². The van der Waals surface area contributed by atoms with Crippen LogP contribution in [0.2, 0.25) is 0 Å². The van der Waals surface area contributed by atoms with Crippen LogP contribution in [0.25, 0.3) is 0 Å². The Hall–Kier alpha value is -1.37. The number of nitrogens with two attached hydrogens (primary N) is 1. The van der Waals surface area contributed by atoms with Gasteiger partial charge in [0.25, 0.3) is 0 Å². The fourth-order valence-electron chi connectivity index (χ4n) is 1.10. The third-order valence-electron chi connectivity index (χ3n) is 1.81. The second-order valence-corrected chi connectivity index (χ2v) is 4.09. The zero-order chi connectivity index (χ0) is 10.7. The van der Waals surface area contributed by atoms with Crippen molar-refractivity contribution < 1.29 is 0 Å². The summed E-state index contributed by atoms with van der Waals surface area (Å²) in [7, 11) is 0. The van der Waals surface area contributed by atoms with Gasteiger partial charge in [-0.05, 0) is 34.7 Å². The third-order valence-corrected chi connectivity index (χ3v) is 2.75. The van der Waals surface area contributed by atoms with Crippen molar-refractivity contribution >= 4 is 39.9 Å². The number of hydrogen-bond donors (Lipinski definition) is 2. The lowest BCUT2D eigenvalue weighted by Crippen LogP contribution is -1.98. The van der Waals surface area contributed by atoms with E-state index in [4.69, 9.17) is 5.73 Å². The van der Waals surface area contributed by atoms with E-state index in [2.05, 4.69) is 37.9 Å². The van der Waals surface area contributed by atoms with Crippen molar-refractivity contribution in [2.24, 2.45) is 0 Å². The van der Waals surface area contributed by atoms with Crippen LogP contribution in [-0.2, 0) is 0 Å². The van der Waals surface area contributed by atoms with Crippen LogP contribution in [0.5, 0.6) is 0 Å². The molecule has 1 aromatic heterocycles. The first-order valence-electron chi connectivity index (χ1n) is 4.35. The van der Waals surface area contributed by atoms with Gasteiger partial charge in [0.1, 0.15) is 11.6 Å². The van der Waals surface area contributed by atoms with Gasteiger partial charge in [0.15, 0.2) is 0 Å². The maximum Gasteiger partial charge on any atom is 0.149 e. The average Bonchev–Trinajstić information content (AvgIpc) is 2.25. The van der Waals surface area contributed by atoms with Gasteiger partial charge in [-0.15, -0.1) is 0 Å². The standard InChI is InChI=1S/C10H9IN4/c11-7-3-1-2-4-8(7)15-10-6-13-9(12)5-14-10/h1-6H,(H2,12,13)(H,14,15). The van der Waals surface area contributed by atoms with E-state index in [1.807, 2.05) is 24.3 Å². The quantitative estimate of drug-likeness (QED) is 0.836. The molecule has 5 heteroatoms. The van der Waals surface area contributed by atoms with Gasteiger partial charge in [0, 0.05) is 3.57 Å². The van der Waals surface area contributed by atoms with Crippen molar-refractivity contribution in [3.8, 4) is 0 Å². The van der Waals surface area contributed by atoms with Gasteiger partial charge < -0.3 is 11.1 Å². The SMILES string of the molecule is Nc1cnc(Nc2ccccc2I)cn1. The number of rotatable bonds is 2. The Labute approximate surface area is 101 Å². The second kappa shape index (κ2) is 4.43. The van der Waals surface area contributed by atoms with Gasteiger partial charge in [-0.25, -0.2) is 9.97 Å². The van der Waals surface area contributed by atoms with Crippen LogP contribution < -0.4 is 11.1 Å². The van der Waals surface area contributed by atoms with Gasteiger partial charge >= 0.3 is 0 Å². The molecule has 15 heavy (non-hydrogen) atoms. The molecule has 0 spiro atoms. The Bertz CT molecular complexity index is 455. The van der Waals surface area contributed by atoms with Crippen LogP contribution >= 0.6 is 22.6 Å². The largest absolute Gasteiger partial charge is 0.382 e. The molecular weight excluding hydrogens is 303 g/mol. The number of nitrogen functional groups attached to an aromatic ring is 1. The van der Waals surface area contributed by atoms with Gasteiger partial charge in [-0.1, -0.05) is 12.1 Å². The van der Waals surface area contributed by atoms with Crippen LogP contribution in [0.1, 0.15) is 0 Å². The molecule has 4 nitrogen and oxygen atoms in total. The third kappa shape index (κ3) is 2.56. The maximum atomic E-state index is 5.45. The molecule has 0 aliphatic rings. The van der Waals surface area contributed by atoms with Crippen LogP contribution in [-0.4, -0.2) is 9.97 Å². The number of para-hydroxylation sites is 1. The fourth-order valence-corrected chi connectivity index (χ4v) is 1.63. The molecule has 0 amide bonds. The first-order valence-corrected chi connectivity index (χ1v) is 5.42. The minimum atomic E-state index is 0.420. The molecular formula is C10H9IN4. The minimum Gasteiger partial charge on any atom is -0.382 e. The molecule has 0 saturated carbocycles. The number of benzene rings is 1. The van der Waals surface area contributed by atoms with Gasteiger partial charge in [-0.2, -0.15) is 0 Å². The molecule has 0 fully saturated rings. The van der Waals surface area contributed by atoms with Crippen LogP contribution in [0.4, 0.5) is 17.3 Å². The van der Waals surface area contributed by atoms with E-state index < -0.39 is 0 Å². The summed E-state index contributed by atoms with van der Waals surface area (Å²) in [5, 5.41) is 3.16. The van der Waals surface area contributed by atoms with E-state index in [0.29, 0.717) is 11.6 Å². The Balaban J connectivity index is 2.22. The van der Waals surface area contributed by atoms with Crippen molar-refractivity contribution in [3.63, 3.8) is 0 Å². The molecule has 3 N–H and O–H groups in total. The number of nitrogens with one attached hydrogen (secondary N) is 1. The van der Waals surface area contributed by atoms with E-state index in [0.717, 1.165) is 9.26 Å². The smallest absolute Gasteiger partial charge is 0.149 e. The Morgan fingerprint density at radius 1 is 1.13 bits per heavy atom. The molecule has 0 atom stereocenters.